The molecule has 1 heterocycles. The van der Waals surface area contributed by atoms with Crippen LogP contribution in [0.5, 0.6) is 0 Å². The van der Waals surface area contributed by atoms with Crippen LogP contribution < -0.4 is 5.32 Å². The lowest BCUT2D eigenvalue weighted by Crippen LogP contribution is -2.58. The molecule has 1 saturated heterocycles. The third-order valence-corrected chi connectivity index (χ3v) is 4.40. The van der Waals surface area contributed by atoms with Crippen LogP contribution in [0.4, 0.5) is 0 Å². The summed E-state index contributed by atoms with van der Waals surface area (Å²) in [5, 5.41) is 3.29. The van der Waals surface area contributed by atoms with E-state index in [9.17, 15) is 8.42 Å². The smallest absolute Gasteiger partial charge is 0.216 e. The Balaban J connectivity index is 2.54. The molecule has 0 spiro atoms. The van der Waals surface area contributed by atoms with Gasteiger partial charge in [0.25, 0.3) is 0 Å². The largest absolute Gasteiger partial charge is 0.381 e. The Labute approximate surface area is 98.2 Å². The van der Waals surface area contributed by atoms with Crippen molar-refractivity contribution < 1.29 is 13.2 Å². The highest BCUT2D eigenvalue weighted by atomic mass is 32.2. The van der Waals surface area contributed by atoms with Gasteiger partial charge in [-0.1, -0.05) is 0 Å². The molecule has 0 aromatic rings. The second-order valence-corrected chi connectivity index (χ2v) is 6.75. The van der Waals surface area contributed by atoms with Crippen LogP contribution in [0.15, 0.2) is 0 Å². The van der Waals surface area contributed by atoms with Gasteiger partial charge in [0.05, 0.1) is 12.4 Å². The van der Waals surface area contributed by atoms with Crippen LogP contribution >= 0.6 is 0 Å². The molecular weight excluding hydrogens is 228 g/mol. The Hall–Kier alpha value is -0.170. The first-order valence-electron chi connectivity index (χ1n) is 5.68. The summed E-state index contributed by atoms with van der Waals surface area (Å²) >= 11 is 0. The van der Waals surface area contributed by atoms with Gasteiger partial charge < -0.3 is 10.1 Å². The maximum absolute atomic E-state index is 12.0. The van der Waals surface area contributed by atoms with E-state index in [0.717, 1.165) is 0 Å². The third kappa shape index (κ3) is 4.01. The first-order valence-corrected chi connectivity index (χ1v) is 7.29. The van der Waals surface area contributed by atoms with E-state index in [1.54, 1.807) is 4.31 Å². The number of piperazine rings is 1. The lowest BCUT2D eigenvalue weighted by molar-refractivity contribution is 0.161. The molecule has 5 nitrogen and oxygen atoms in total. The number of sulfonamides is 1. The minimum atomic E-state index is -3.16. The zero-order valence-electron chi connectivity index (χ0n) is 10.3. The molecule has 0 aromatic heterocycles. The van der Waals surface area contributed by atoms with Crippen LogP contribution in [0.3, 0.4) is 0 Å². The van der Waals surface area contributed by atoms with Crippen molar-refractivity contribution in [3.8, 4) is 0 Å². The highest BCUT2D eigenvalue weighted by molar-refractivity contribution is 7.89. The van der Waals surface area contributed by atoms with Crippen LogP contribution in [0.1, 0.15) is 20.8 Å². The Kier molecular flexibility index (Phi) is 4.73. The highest BCUT2D eigenvalue weighted by Gasteiger charge is 2.32. The lowest BCUT2D eigenvalue weighted by atomic mass is 10.0. The first-order chi connectivity index (χ1) is 7.37. The summed E-state index contributed by atoms with van der Waals surface area (Å²) in [6.07, 6.45) is 0. The molecule has 0 aromatic carbocycles. The molecule has 0 amide bonds. The van der Waals surface area contributed by atoms with E-state index >= 15 is 0 Å². The van der Waals surface area contributed by atoms with Gasteiger partial charge in [-0.2, -0.15) is 4.31 Å². The second kappa shape index (κ2) is 5.44. The highest BCUT2D eigenvalue weighted by Crippen LogP contribution is 2.14. The molecule has 1 aliphatic rings. The molecular formula is C10H22N2O3S. The predicted molar refractivity (Wildman–Crippen MR) is 63.9 cm³/mol. The number of nitrogens with one attached hydrogen (secondary N) is 1. The fraction of sp³-hybridized carbons (Fsp3) is 1.00. The van der Waals surface area contributed by atoms with Gasteiger partial charge in [-0.15, -0.1) is 0 Å². The Bertz CT molecular complexity index is 314. The molecule has 96 valence electrons. The number of rotatable bonds is 5. The summed E-state index contributed by atoms with van der Waals surface area (Å²) in [5.74, 6) is 0.0803. The Morgan fingerprint density at radius 3 is 2.69 bits per heavy atom. The van der Waals surface area contributed by atoms with Gasteiger partial charge in [0, 0.05) is 31.8 Å². The molecule has 0 saturated carbocycles. The van der Waals surface area contributed by atoms with E-state index < -0.39 is 10.0 Å². The molecule has 16 heavy (non-hydrogen) atoms. The zero-order chi connectivity index (χ0) is 12.2. The Morgan fingerprint density at radius 1 is 1.44 bits per heavy atom. The average molecular weight is 250 g/mol. The standard InChI is InChI=1S/C10H22N2O3S/c1-4-15-7-8-16(13,14)12-6-5-11-10(2,3)9-12/h11H,4-9H2,1-3H3. The van der Waals surface area contributed by atoms with Crippen molar-refractivity contribution in [3.05, 3.63) is 0 Å². The summed E-state index contributed by atoms with van der Waals surface area (Å²) in [4.78, 5) is 0. The normalized spacial score (nSPS) is 22.2. The van der Waals surface area contributed by atoms with E-state index in [-0.39, 0.29) is 17.9 Å². The summed E-state index contributed by atoms with van der Waals surface area (Å²) in [6.45, 7) is 8.51. The summed E-state index contributed by atoms with van der Waals surface area (Å²) in [5.41, 5.74) is -0.142. The molecule has 6 heteroatoms. The van der Waals surface area contributed by atoms with Gasteiger partial charge in [-0.3, -0.25) is 0 Å². The molecule has 0 atom stereocenters. The van der Waals surface area contributed by atoms with Crippen LogP contribution in [-0.2, 0) is 14.8 Å². The van der Waals surface area contributed by atoms with Crippen LogP contribution in [0.2, 0.25) is 0 Å². The van der Waals surface area contributed by atoms with Gasteiger partial charge in [0.2, 0.25) is 10.0 Å². The maximum Gasteiger partial charge on any atom is 0.216 e. The molecule has 0 radical (unpaired) electrons. The second-order valence-electron chi connectivity index (χ2n) is 4.66. The van der Waals surface area contributed by atoms with Gasteiger partial charge in [0.15, 0.2) is 0 Å². The third-order valence-electron chi connectivity index (χ3n) is 2.62. The summed E-state index contributed by atoms with van der Waals surface area (Å²) < 4.78 is 30.6. The van der Waals surface area contributed by atoms with Crippen molar-refractivity contribution >= 4 is 10.0 Å². The van der Waals surface area contributed by atoms with Gasteiger partial charge >= 0.3 is 0 Å². The van der Waals surface area contributed by atoms with Crippen molar-refractivity contribution in [1.29, 1.82) is 0 Å². The van der Waals surface area contributed by atoms with Crippen LogP contribution in [0, 0.1) is 0 Å². The van der Waals surface area contributed by atoms with Gasteiger partial charge in [-0.05, 0) is 20.8 Å². The topological polar surface area (TPSA) is 58.6 Å². The zero-order valence-corrected chi connectivity index (χ0v) is 11.1. The first kappa shape index (κ1) is 13.9. The predicted octanol–water partition coefficient (Wildman–Crippen LogP) is 0.0365. The molecule has 1 N–H and O–H groups in total. The van der Waals surface area contributed by atoms with E-state index in [0.29, 0.717) is 26.2 Å². The van der Waals surface area contributed by atoms with Crippen molar-refractivity contribution in [2.45, 2.75) is 26.3 Å². The molecule has 0 bridgehead atoms. The monoisotopic (exact) mass is 250 g/mol. The van der Waals surface area contributed by atoms with E-state index in [2.05, 4.69) is 5.32 Å². The quantitative estimate of drug-likeness (QED) is 0.700. The fourth-order valence-electron chi connectivity index (χ4n) is 1.77. The fourth-order valence-corrected chi connectivity index (χ4v) is 3.25. The SMILES string of the molecule is CCOCCS(=O)(=O)N1CCNC(C)(C)C1. The number of ether oxygens (including phenoxy) is 1. The summed E-state index contributed by atoms with van der Waals surface area (Å²) in [7, 11) is -3.16. The number of hydrogen-bond donors (Lipinski definition) is 1. The molecule has 0 unspecified atom stereocenters. The van der Waals surface area contributed by atoms with E-state index in [4.69, 9.17) is 4.74 Å². The number of hydrogen-bond acceptors (Lipinski definition) is 4. The van der Waals surface area contributed by atoms with Crippen molar-refractivity contribution in [1.82, 2.24) is 9.62 Å². The van der Waals surface area contributed by atoms with E-state index in [1.165, 1.54) is 0 Å². The van der Waals surface area contributed by atoms with Gasteiger partial charge in [0.1, 0.15) is 0 Å². The Morgan fingerprint density at radius 2 is 2.12 bits per heavy atom. The minimum Gasteiger partial charge on any atom is -0.381 e. The van der Waals surface area contributed by atoms with Crippen molar-refractivity contribution in [2.75, 3.05) is 38.6 Å². The lowest BCUT2D eigenvalue weighted by Gasteiger charge is -2.38. The van der Waals surface area contributed by atoms with Crippen molar-refractivity contribution in [3.63, 3.8) is 0 Å². The van der Waals surface area contributed by atoms with E-state index in [1.807, 2.05) is 20.8 Å². The molecule has 0 aliphatic carbocycles. The minimum absolute atomic E-state index is 0.0803. The summed E-state index contributed by atoms with van der Waals surface area (Å²) in [6, 6.07) is 0. The van der Waals surface area contributed by atoms with Crippen LogP contribution in [0.25, 0.3) is 0 Å². The number of nitrogens with zero attached hydrogens (tertiary/aromatic N) is 1. The average Bonchev–Trinajstić information content (AvgIpc) is 2.16. The van der Waals surface area contributed by atoms with Crippen LogP contribution in [-0.4, -0.2) is 56.9 Å². The molecule has 1 rings (SSSR count). The van der Waals surface area contributed by atoms with Gasteiger partial charge in [-0.25, -0.2) is 8.42 Å². The maximum atomic E-state index is 12.0. The van der Waals surface area contributed by atoms with Crippen molar-refractivity contribution in [2.24, 2.45) is 0 Å². The molecule has 1 fully saturated rings. The molecule has 1 aliphatic heterocycles.